The molecule has 1 aromatic rings. The minimum atomic E-state index is -0.309. The van der Waals surface area contributed by atoms with Crippen LogP contribution in [-0.2, 0) is 0 Å². The van der Waals surface area contributed by atoms with Crippen molar-refractivity contribution >= 4 is 15.9 Å². The van der Waals surface area contributed by atoms with Gasteiger partial charge in [-0.05, 0) is 24.1 Å². The zero-order valence-electron chi connectivity index (χ0n) is 13.5. The highest BCUT2D eigenvalue weighted by Crippen LogP contribution is 2.23. The van der Waals surface area contributed by atoms with Gasteiger partial charge in [0.15, 0.2) is 0 Å². The number of aliphatic hydroxyl groups excluding tert-OH is 1. The Morgan fingerprint density at radius 3 is 2.05 bits per heavy atom. The summed E-state index contributed by atoms with van der Waals surface area (Å²) in [5.41, 5.74) is 1.03. The molecule has 1 atom stereocenters. The topological polar surface area (TPSA) is 20.2 Å². The first-order chi connectivity index (χ1) is 10.2. The van der Waals surface area contributed by atoms with Gasteiger partial charge in [0.25, 0.3) is 0 Å². The largest absolute Gasteiger partial charge is 0.388 e. The highest BCUT2D eigenvalue weighted by Gasteiger charge is 2.07. The summed E-state index contributed by atoms with van der Waals surface area (Å²) < 4.78 is 1.04. The van der Waals surface area contributed by atoms with Crippen LogP contribution < -0.4 is 0 Å². The van der Waals surface area contributed by atoms with Crippen molar-refractivity contribution in [3.8, 4) is 0 Å². The highest BCUT2D eigenvalue weighted by atomic mass is 79.9. The fourth-order valence-corrected chi connectivity index (χ4v) is 3.12. The summed E-state index contributed by atoms with van der Waals surface area (Å²) in [6.45, 7) is 2.27. The van der Waals surface area contributed by atoms with Gasteiger partial charge in [-0.15, -0.1) is 0 Å². The van der Waals surface area contributed by atoms with Crippen molar-refractivity contribution in [3.63, 3.8) is 0 Å². The smallest absolute Gasteiger partial charge is 0.0790 e. The summed E-state index contributed by atoms with van der Waals surface area (Å²) in [4.78, 5) is 0. The van der Waals surface area contributed by atoms with Crippen LogP contribution in [0.4, 0.5) is 0 Å². The summed E-state index contributed by atoms with van der Waals surface area (Å²) in [5, 5.41) is 10.1. The molecular formula is C19H31BrO. The van der Waals surface area contributed by atoms with E-state index in [-0.39, 0.29) is 6.10 Å². The molecule has 21 heavy (non-hydrogen) atoms. The van der Waals surface area contributed by atoms with Gasteiger partial charge in [-0.1, -0.05) is 99.2 Å². The molecule has 1 nitrogen and oxygen atoms in total. The number of halogens is 1. The van der Waals surface area contributed by atoms with E-state index in [2.05, 4.69) is 22.9 Å². The Morgan fingerprint density at radius 2 is 1.48 bits per heavy atom. The van der Waals surface area contributed by atoms with Crippen LogP contribution in [0.1, 0.15) is 89.2 Å². The van der Waals surface area contributed by atoms with Crippen LogP contribution in [0.15, 0.2) is 28.7 Å². The van der Waals surface area contributed by atoms with Crippen LogP contribution in [0.3, 0.4) is 0 Å². The molecule has 1 aromatic carbocycles. The van der Waals surface area contributed by atoms with Crippen LogP contribution in [0, 0.1) is 0 Å². The SMILES string of the molecule is CCCCCCCCCCCCC(O)c1cccc(Br)c1. The Hall–Kier alpha value is -0.340. The first-order valence-corrected chi connectivity index (χ1v) is 9.47. The first kappa shape index (κ1) is 18.7. The van der Waals surface area contributed by atoms with Crippen molar-refractivity contribution in [2.75, 3.05) is 0 Å². The Bertz CT molecular complexity index is 364. The van der Waals surface area contributed by atoms with E-state index in [1.807, 2.05) is 24.3 Å². The van der Waals surface area contributed by atoms with Crippen molar-refractivity contribution < 1.29 is 5.11 Å². The van der Waals surface area contributed by atoms with Crippen molar-refractivity contribution in [3.05, 3.63) is 34.3 Å². The molecule has 0 bridgehead atoms. The van der Waals surface area contributed by atoms with Crippen LogP contribution in [-0.4, -0.2) is 5.11 Å². The zero-order chi connectivity index (χ0) is 15.3. The molecule has 0 spiro atoms. The van der Waals surface area contributed by atoms with Gasteiger partial charge in [-0.25, -0.2) is 0 Å². The van der Waals surface area contributed by atoms with Gasteiger partial charge >= 0.3 is 0 Å². The third-order valence-electron chi connectivity index (χ3n) is 4.06. The van der Waals surface area contributed by atoms with E-state index >= 15 is 0 Å². The van der Waals surface area contributed by atoms with E-state index in [4.69, 9.17) is 0 Å². The zero-order valence-corrected chi connectivity index (χ0v) is 15.1. The first-order valence-electron chi connectivity index (χ1n) is 8.67. The molecule has 1 N–H and O–H groups in total. The number of hydrogen-bond donors (Lipinski definition) is 1. The summed E-state index contributed by atoms with van der Waals surface area (Å²) in [6.07, 6.45) is 14.0. The molecule has 120 valence electrons. The van der Waals surface area contributed by atoms with Crippen molar-refractivity contribution in [1.82, 2.24) is 0 Å². The van der Waals surface area contributed by atoms with E-state index in [9.17, 15) is 5.11 Å². The second-order valence-corrected chi connectivity index (χ2v) is 6.96. The molecule has 0 saturated heterocycles. The quantitative estimate of drug-likeness (QED) is 0.409. The van der Waals surface area contributed by atoms with Crippen molar-refractivity contribution in [2.24, 2.45) is 0 Å². The van der Waals surface area contributed by atoms with Gasteiger partial charge in [0.1, 0.15) is 0 Å². The third-order valence-corrected chi connectivity index (χ3v) is 4.56. The lowest BCUT2D eigenvalue weighted by Gasteiger charge is -2.11. The Labute approximate surface area is 139 Å². The molecule has 0 aliphatic rings. The second kappa shape index (κ2) is 12.2. The molecule has 0 aliphatic heterocycles. The molecule has 1 rings (SSSR count). The second-order valence-electron chi connectivity index (χ2n) is 6.04. The summed E-state index contributed by atoms with van der Waals surface area (Å²) in [5.74, 6) is 0. The summed E-state index contributed by atoms with van der Waals surface area (Å²) in [7, 11) is 0. The highest BCUT2D eigenvalue weighted by molar-refractivity contribution is 9.10. The van der Waals surface area contributed by atoms with Gasteiger partial charge in [-0.3, -0.25) is 0 Å². The Balaban J connectivity index is 1.96. The van der Waals surface area contributed by atoms with Crippen molar-refractivity contribution in [2.45, 2.75) is 83.7 Å². The lowest BCUT2D eigenvalue weighted by molar-refractivity contribution is 0.163. The van der Waals surface area contributed by atoms with Gasteiger partial charge in [-0.2, -0.15) is 0 Å². The predicted molar refractivity (Wildman–Crippen MR) is 95.6 cm³/mol. The van der Waals surface area contributed by atoms with Gasteiger partial charge in [0.2, 0.25) is 0 Å². The molecule has 2 heteroatoms. The average Bonchev–Trinajstić information content (AvgIpc) is 2.49. The molecule has 0 amide bonds. The number of unbranched alkanes of at least 4 members (excludes halogenated alkanes) is 9. The lowest BCUT2D eigenvalue weighted by Crippen LogP contribution is -1.97. The van der Waals surface area contributed by atoms with Gasteiger partial charge in [0.05, 0.1) is 6.10 Å². The number of rotatable bonds is 12. The number of benzene rings is 1. The molecule has 0 aliphatic carbocycles. The van der Waals surface area contributed by atoms with Crippen LogP contribution >= 0.6 is 15.9 Å². The van der Waals surface area contributed by atoms with Crippen LogP contribution in [0.2, 0.25) is 0 Å². The van der Waals surface area contributed by atoms with E-state index < -0.39 is 0 Å². The Morgan fingerprint density at radius 1 is 0.905 bits per heavy atom. The average molecular weight is 355 g/mol. The molecule has 1 unspecified atom stereocenters. The third kappa shape index (κ3) is 9.31. The van der Waals surface area contributed by atoms with E-state index in [1.165, 1.54) is 57.8 Å². The number of hydrogen-bond acceptors (Lipinski definition) is 1. The normalized spacial score (nSPS) is 12.5. The fourth-order valence-electron chi connectivity index (χ4n) is 2.71. The maximum absolute atomic E-state index is 10.1. The van der Waals surface area contributed by atoms with Crippen LogP contribution in [0.25, 0.3) is 0 Å². The maximum atomic E-state index is 10.1. The molecule has 0 heterocycles. The molecule has 0 saturated carbocycles. The molecular weight excluding hydrogens is 324 g/mol. The fraction of sp³-hybridized carbons (Fsp3) is 0.684. The number of aliphatic hydroxyl groups is 1. The Kier molecular flexibility index (Phi) is 10.9. The summed E-state index contributed by atoms with van der Waals surface area (Å²) >= 11 is 3.45. The maximum Gasteiger partial charge on any atom is 0.0790 e. The van der Waals surface area contributed by atoms with Gasteiger partial charge < -0.3 is 5.11 Å². The molecule has 0 radical (unpaired) electrons. The summed E-state index contributed by atoms with van der Waals surface area (Å²) in [6, 6.07) is 8.00. The lowest BCUT2D eigenvalue weighted by atomic mass is 10.0. The minimum absolute atomic E-state index is 0.309. The molecule has 0 aromatic heterocycles. The molecule has 0 fully saturated rings. The van der Waals surface area contributed by atoms with Crippen molar-refractivity contribution in [1.29, 1.82) is 0 Å². The van der Waals surface area contributed by atoms with E-state index in [0.29, 0.717) is 0 Å². The van der Waals surface area contributed by atoms with E-state index in [1.54, 1.807) is 0 Å². The van der Waals surface area contributed by atoms with Gasteiger partial charge in [0, 0.05) is 4.47 Å². The standard InChI is InChI=1S/C19H31BrO/c1-2-3-4-5-6-7-8-9-10-11-15-19(21)17-13-12-14-18(20)16-17/h12-14,16,19,21H,2-11,15H2,1H3. The monoisotopic (exact) mass is 354 g/mol. The minimum Gasteiger partial charge on any atom is -0.388 e. The predicted octanol–water partition coefficient (Wildman–Crippen LogP) is 6.79. The van der Waals surface area contributed by atoms with Crippen LogP contribution in [0.5, 0.6) is 0 Å². The van der Waals surface area contributed by atoms with E-state index in [0.717, 1.165) is 22.9 Å².